The fourth-order valence-corrected chi connectivity index (χ4v) is 5.10. The van der Waals surface area contributed by atoms with E-state index in [9.17, 15) is 22.8 Å². The number of rotatable bonds is 9. The van der Waals surface area contributed by atoms with Gasteiger partial charge in [0, 0.05) is 70.5 Å². The number of benzene rings is 1. The minimum Gasteiger partial charge on any atom is -0.483 e. The summed E-state index contributed by atoms with van der Waals surface area (Å²) < 4.78 is 49.2. The molecule has 1 saturated heterocycles. The summed E-state index contributed by atoms with van der Waals surface area (Å²) in [5.74, 6) is -0.0242. The quantitative estimate of drug-likeness (QED) is 0.226. The number of aromatic nitrogens is 5. The van der Waals surface area contributed by atoms with Crippen LogP contribution in [0.15, 0.2) is 43.0 Å². The second-order valence-electron chi connectivity index (χ2n) is 9.89. The third-order valence-corrected chi connectivity index (χ3v) is 7.31. The molecule has 0 atom stereocenters. The van der Waals surface area contributed by atoms with Gasteiger partial charge in [0.15, 0.2) is 17.2 Å². The number of methoxy groups -OCH3 is 1. The van der Waals surface area contributed by atoms with Crippen molar-refractivity contribution in [3.05, 3.63) is 59.3 Å². The molecular formula is C28H31ClF3N9O5. The summed E-state index contributed by atoms with van der Waals surface area (Å²) in [7, 11) is 1.46. The van der Waals surface area contributed by atoms with E-state index in [0.717, 1.165) is 0 Å². The first kappa shape index (κ1) is 34.1. The first-order chi connectivity index (χ1) is 22.0. The van der Waals surface area contributed by atoms with Gasteiger partial charge < -0.3 is 30.7 Å². The molecule has 0 aliphatic carbocycles. The molecule has 1 fully saturated rings. The number of hydrogen-bond donors (Lipinski definition) is 3. The smallest absolute Gasteiger partial charge is 0.435 e. The highest BCUT2D eigenvalue weighted by Crippen LogP contribution is 2.37. The van der Waals surface area contributed by atoms with Crippen LogP contribution in [-0.4, -0.2) is 104 Å². The zero-order chi connectivity index (χ0) is 33.4. The number of piperazine rings is 1. The number of hydrogen-bond acceptors (Lipinski definition) is 9. The van der Waals surface area contributed by atoms with Crippen molar-refractivity contribution in [2.24, 2.45) is 5.73 Å². The van der Waals surface area contributed by atoms with Gasteiger partial charge in [-0.25, -0.2) is 9.97 Å². The van der Waals surface area contributed by atoms with Crippen LogP contribution in [0.1, 0.15) is 22.5 Å². The van der Waals surface area contributed by atoms with E-state index in [0.29, 0.717) is 37.4 Å². The number of imidazole rings is 1. The summed E-state index contributed by atoms with van der Waals surface area (Å²) in [5, 5.41) is 13.9. The Labute approximate surface area is 265 Å². The standard InChI is InChI=1S/C27H29ClF3N9O3.CH2O2/c1-43-13-12-39-16-19(23(36-39)27(29,30)31)21-15-34-25-24(33-6-7-40(21)25)35-17-2-3-18(20(28)14-17)26(42)38-10-8-37(9-11-38)22(41)4-5-32;2-1-3/h2-3,6-7,14-16H,4-5,8-13,32H2,1H3,(H,33,35);1H,(H,2,3). The molecule has 4 heterocycles. The molecule has 2 amide bonds. The number of carbonyl (C=O) groups is 3. The third kappa shape index (κ3) is 7.72. The fourth-order valence-electron chi connectivity index (χ4n) is 4.84. The number of carbonyl (C=O) groups excluding carboxylic acids is 2. The molecule has 4 N–H and O–H groups in total. The van der Waals surface area contributed by atoms with E-state index in [1.165, 1.54) is 41.0 Å². The van der Waals surface area contributed by atoms with Gasteiger partial charge in [0.25, 0.3) is 12.4 Å². The second kappa shape index (κ2) is 15.0. The molecule has 0 unspecified atom stereocenters. The Bertz CT molecular complexity index is 1690. The first-order valence-electron chi connectivity index (χ1n) is 13.9. The van der Waals surface area contributed by atoms with Crippen LogP contribution in [-0.2, 0) is 27.0 Å². The molecule has 5 rings (SSSR count). The molecule has 0 saturated carbocycles. The van der Waals surface area contributed by atoms with Crippen LogP contribution in [0, 0.1) is 0 Å². The predicted molar refractivity (Wildman–Crippen MR) is 161 cm³/mol. The number of fused-ring (bicyclic) bond motifs is 1. The van der Waals surface area contributed by atoms with Gasteiger partial charge in [0.1, 0.15) is 0 Å². The van der Waals surface area contributed by atoms with Crippen molar-refractivity contribution in [3.63, 3.8) is 0 Å². The molecule has 14 nitrogen and oxygen atoms in total. The van der Waals surface area contributed by atoms with Gasteiger partial charge in [0.05, 0.1) is 41.2 Å². The first-order valence-corrected chi connectivity index (χ1v) is 14.3. The molecular weight excluding hydrogens is 635 g/mol. The Morgan fingerprint density at radius 2 is 1.87 bits per heavy atom. The van der Waals surface area contributed by atoms with Gasteiger partial charge in [-0.3, -0.25) is 23.5 Å². The lowest BCUT2D eigenvalue weighted by atomic mass is 10.1. The van der Waals surface area contributed by atoms with E-state index in [2.05, 4.69) is 20.4 Å². The highest BCUT2D eigenvalue weighted by atomic mass is 35.5. The number of anilines is 2. The maximum atomic E-state index is 13.8. The molecule has 0 bridgehead atoms. The maximum absolute atomic E-state index is 13.8. The Hall–Kier alpha value is -4.74. The molecule has 1 aliphatic heterocycles. The van der Waals surface area contributed by atoms with Crippen LogP contribution in [0.4, 0.5) is 24.7 Å². The number of alkyl halides is 3. The van der Waals surface area contributed by atoms with Gasteiger partial charge in [-0.15, -0.1) is 0 Å². The topological polar surface area (TPSA) is 173 Å². The molecule has 3 aromatic heterocycles. The van der Waals surface area contributed by atoms with Gasteiger partial charge >= 0.3 is 6.18 Å². The van der Waals surface area contributed by atoms with Crippen molar-refractivity contribution in [2.75, 3.05) is 51.8 Å². The van der Waals surface area contributed by atoms with E-state index in [1.54, 1.807) is 28.0 Å². The third-order valence-electron chi connectivity index (χ3n) is 7.00. The van der Waals surface area contributed by atoms with Gasteiger partial charge in [-0.05, 0) is 18.2 Å². The Kier molecular flexibility index (Phi) is 11.2. The summed E-state index contributed by atoms with van der Waals surface area (Å²) in [6, 6.07) is 4.79. The number of amides is 2. The summed E-state index contributed by atoms with van der Waals surface area (Å²) in [5.41, 5.74) is 5.54. The Morgan fingerprint density at radius 3 is 2.50 bits per heavy atom. The SMILES string of the molecule is COCCn1cc(-c2cnc3c(Nc4ccc(C(=O)N5CCN(C(=O)CCN)CC5)c(Cl)c4)nccn23)c(C(F)(F)F)n1.O=CO. The van der Waals surface area contributed by atoms with Crippen LogP contribution in [0.2, 0.25) is 5.02 Å². The summed E-state index contributed by atoms with van der Waals surface area (Å²) in [4.78, 5) is 45.6. The summed E-state index contributed by atoms with van der Waals surface area (Å²) in [6.07, 6.45) is 1.16. The van der Waals surface area contributed by atoms with Gasteiger partial charge in [0.2, 0.25) is 5.91 Å². The summed E-state index contributed by atoms with van der Waals surface area (Å²) >= 11 is 6.50. The lowest BCUT2D eigenvalue weighted by Gasteiger charge is -2.35. The molecule has 0 spiro atoms. The number of nitrogens with zero attached hydrogens (tertiary/aromatic N) is 7. The number of nitrogens with two attached hydrogens (primary N) is 1. The van der Waals surface area contributed by atoms with E-state index >= 15 is 0 Å². The van der Waals surface area contributed by atoms with E-state index in [1.807, 2.05) is 0 Å². The number of carboxylic acid groups (broad SMARTS) is 1. The molecule has 1 aliphatic rings. The Balaban J connectivity index is 0.00000154. The Morgan fingerprint density at radius 1 is 1.17 bits per heavy atom. The van der Waals surface area contributed by atoms with Crippen LogP contribution in [0.25, 0.3) is 16.9 Å². The second-order valence-corrected chi connectivity index (χ2v) is 10.3. The largest absolute Gasteiger partial charge is 0.483 e. The maximum Gasteiger partial charge on any atom is 0.435 e. The highest BCUT2D eigenvalue weighted by molar-refractivity contribution is 6.34. The fraction of sp³-hybridized carbons (Fsp3) is 0.357. The zero-order valence-corrected chi connectivity index (χ0v) is 25.3. The lowest BCUT2D eigenvalue weighted by Crippen LogP contribution is -2.50. The minimum absolute atomic E-state index is 0.0331. The van der Waals surface area contributed by atoms with E-state index in [4.69, 9.17) is 32.0 Å². The molecule has 1 aromatic carbocycles. The number of nitrogens with one attached hydrogen (secondary N) is 1. The van der Waals surface area contributed by atoms with E-state index < -0.39 is 11.9 Å². The van der Waals surface area contributed by atoms with Gasteiger partial charge in [-0.1, -0.05) is 11.6 Å². The van der Waals surface area contributed by atoms with Crippen LogP contribution in [0.5, 0.6) is 0 Å². The van der Waals surface area contributed by atoms with Crippen molar-refractivity contribution in [1.82, 2.24) is 33.9 Å². The summed E-state index contributed by atoms with van der Waals surface area (Å²) in [6.45, 7) is 1.96. The minimum atomic E-state index is -4.68. The van der Waals surface area contributed by atoms with Crippen LogP contribution >= 0.6 is 11.6 Å². The average Bonchev–Trinajstić information content (AvgIpc) is 3.66. The molecule has 0 radical (unpaired) electrons. The molecule has 4 aromatic rings. The number of halogens is 4. The monoisotopic (exact) mass is 665 g/mol. The molecule has 46 heavy (non-hydrogen) atoms. The predicted octanol–water partition coefficient (Wildman–Crippen LogP) is 2.99. The highest BCUT2D eigenvalue weighted by Gasteiger charge is 2.38. The molecule has 18 heteroatoms. The van der Waals surface area contributed by atoms with Crippen molar-refractivity contribution in [1.29, 1.82) is 0 Å². The zero-order valence-electron chi connectivity index (χ0n) is 24.6. The average molecular weight is 666 g/mol. The molecule has 246 valence electrons. The van der Waals surface area contributed by atoms with Crippen LogP contribution < -0.4 is 11.1 Å². The van der Waals surface area contributed by atoms with Crippen molar-refractivity contribution < 1.29 is 37.4 Å². The van der Waals surface area contributed by atoms with Gasteiger partial charge in [-0.2, -0.15) is 18.3 Å². The van der Waals surface area contributed by atoms with Crippen LogP contribution in [0.3, 0.4) is 0 Å². The lowest BCUT2D eigenvalue weighted by molar-refractivity contribution is -0.141. The van der Waals surface area contributed by atoms with Crippen molar-refractivity contribution in [2.45, 2.75) is 19.1 Å². The van der Waals surface area contributed by atoms with E-state index in [-0.39, 0.29) is 72.1 Å². The van der Waals surface area contributed by atoms with Crippen molar-refractivity contribution in [3.8, 4) is 11.3 Å². The number of ether oxygens (including phenoxy) is 1. The van der Waals surface area contributed by atoms with Crippen molar-refractivity contribution >= 4 is 47.0 Å². The normalized spacial score (nSPS) is 13.3.